The summed E-state index contributed by atoms with van der Waals surface area (Å²) in [4.78, 5) is 2.68. The van der Waals surface area contributed by atoms with Gasteiger partial charge in [0, 0.05) is 17.8 Å². The van der Waals surface area contributed by atoms with E-state index in [0.717, 1.165) is 18.5 Å². The fourth-order valence-electron chi connectivity index (χ4n) is 3.51. The minimum Gasteiger partial charge on any atom is -0.365 e. The van der Waals surface area contributed by atoms with Crippen molar-refractivity contribution in [3.8, 4) is 0 Å². The molecule has 3 unspecified atom stereocenters. The molecule has 2 heteroatoms. The highest BCUT2D eigenvalue weighted by molar-refractivity contribution is 5.60. The molecule has 1 saturated heterocycles. The van der Waals surface area contributed by atoms with Crippen LogP contribution in [0.2, 0.25) is 0 Å². The van der Waals surface area contributed by atoms with Crippen molar-refractivity contribution in [3.63, 3.8) is 0 Å². The zero-order valence-corrected chi connectivity index (χ0v) is 10.8. The fourth-order valence-corrected chi connectivity index (χ4v) is 3.51. The monoisotopic (exact) mass is 230 g/mol. The summed E-state index contributed by atoms with van der Waals surface area (Å²) >= 11 is 0. The predicted molar refractivity (Wildman–Crippen MR) is 72.5 cm³/mol. The van der Waals surface area contributed by atoms with E-state index in [1.165, 1.54) is 30.6 Å². The normalized spacial score (nSPS) is 32.6. The molecule has 1 aromatic rings. The van der Waals surface area contributed by atoms with E-state index < -0.39 is 0 Å². The van der Waals surface area contributed by atoms with Gasteiger partial charge in [-0.2, -0.15) is 0 Å². The molecule has 2 aliphatic heterocycles. The first-order chi connectivity index (χ1) is 8.27. The van der Waals surface area contributed by atoms with Crippen LogP contribution in [0, 0.1) is 5.92 Å². The lowest BCUT2D eigenvalue weighted by molar-refractivity contribution is 0.321. The second-order valence-corrected chi connectivity index (χ2v) is 5.63. The largest absolute Gasteiger partial charge is 0.365 e. The van der Waals surface area contributed by atoms with Crippen molar-refractivity contribution in [2.75, 3.05) is 18.0 Å². The average Bonchev–Trinajstić information content (AvgIpc) is 2.66. The van der Waals surface area contributed by atoms with Gasteiger partial charge in [0.25, 0.3) is 0 Å². The first-order valence-electron chi connectivity index (χ1n) is 6.84. The average molecular weight is 230 g/mol. The molecule has 3 atom stereocenters. The molecule has 2 aliphatic rings. The van der Waals surface area contributed by atoms with Crippen molar-refractivity contribution in [1.82, 2.24) is 5.32 Å². The van der Waals surface area contributed by atoms with Gasteiger partial charge in [-0.15, -0.1) is 0 Å². The van der Waals surface area contributed by atoms with Gasteiger partial charge >= 0.3 is 0 Å². The van der Waals surface area contributed by atoms with Gasteiger partial charge < -0.3 is 10.2 Å². The number of nitrogens with zero attached hydrogens (tertiary/aromatic N) is 1. The van der Waals surface area contributed by atoms with Crippen LogP contribution in [-0.2, 0) is 6.42 Å². The zero-order chi connectivity index (χ0) is 11.8. The molecule has 0 aliphatic carbocycles. The van der Waals surface area contributed by atoms with Gasteiger partial charge in [0.15, 0.2) is 0 Å². The molecule has 1 aromatic carbocycles. The van der Waals surface area contributed by atoms with Crippen LogP contribution in [0.1, 0.15) is 25.8 Å². The van der Waals surface area contributed by atoms with E-state index >= 15 is 0 Å². The van der Waals surface area contributed by atoms with Crippen molar-refractivity contribution in [2.45, 2.75) is 38.8 Å². The highest BCUT2D eigenvalue weighted by atomic mass is 15.2. The summed E-state index contributed by atoms with van der Waals surface area (Å²) in [7, 11) is 0. The summed E-state index contributed by atoms with van der Waals surface area (Å²) in [5, 5.41) is 3.50. The van der Waals surface area contributed by atoms with Crippen LogP contribution in [-0.4, -0.2) is 25.2 Å². The van der Waals surface area contributed by atoms with E-state index in [9.17, 15) is 0 Å². The lowest BCUT2D eigenvalue weighted by atomic mass is 9.93. The molecule has 0 saturated carbocycles. The summed E-state index contributed by atoms with van der Waals surface area (Å²) in [5.41, 5.74) is 3.02. The van der Waals surface area contributed by atoms with Gasteiger partial charge in [0.2, 0.25) is 0 Å². The molecule has 0 spiro atoms. The Morgan fingerprint density at radius 2 is 2.06 bits per heavy atom. The topological polar surface area (TPSA) is 15.3 Å². The van der Waals surface area contributed by atoms with Gasteiger partial charge in [-0.1, -0.05) is 25.1 Å². The molecule has 3 rings (SSSR count). The standard InChI is InChI=1S/C15H22N2/c1-11-10-16-8-7-14(11)17-12(2)9-13-5-3-4-6-15(13)17/h3-6,11-12,14,16H,7-10H2,1-2H3. The first-order valence-corrected chi connectivity index (χ1v) is 6.84. The van der Waals surface area contributed by atoms with E-state index in [4.69, 9.17) is 0 Å². The van der Waals surface area contributed by atoms with Crippen LogP contribution < -0.4 is 10.2 Å². The third-order valence-electron chi connectivity index (χ3n) is 4.36. The summed E-state index contributed by atoms with van der Waals surface area (Å²) in [5.74, 6) is 0.748. The molecule has 2 heterocycles. The molecule has 17 heavy (non-hydrogen) atoms. The maximum Gasteiger partial charge on any atom is 0.0404 e. The highest BCUT2D eigenvalue weighted by Crippen LogP contribution is 2.36. The number of fused-ring (bicyclic) bond motifs is 1. The smallest absolute Gasteiger partial charge is 0.0404 e. The molecule has 0 amide bonds. The van der Waals surface area contributed by atoms with Crippen LogP contribution in [0.5, 0.6) is 0 Å². The van der Waals surface area contributed by atoms with Crippen LogP contribution >= 0.6 is 0 Å². The first kappa shape index (κ1) is 11.1. The van der Waals surface area contributed by atoms with Gasteiger partial charge in [0.1, 0.15) is 0 Å². The maximum absolute atomic E-state index is 3.50. The Balaban J connectivity index is 1.92. The number of benzene rings is 1. The molecule has 2 nitrogen and oxygen atoms in total. The molecule has 92 valence electrons. The molecular formula is C15H22N2. The number of nitrogens with one attached hydrogen (secondary N) is 1. The molecule has 0 aromatic heterocycles. The van der Waals surface area contributed by atoms with Crippen molar-refractivity contribution in [1.29, 1.82) is 0 Å². The summed E-state index contributed by atoms with van der Waals surface area (Å²) < 4.78 is 0. The minimum atomic E-state index is 0.665. The van der Waals surface area contributed by atoms with Crippen molar-refractivity contribution >= 4 is 5.69 Å². The summed E-state index contributed by atoms with van der Waals surface area (Å²) in [6.07, 6.45) is 2.49. The number of rotatable bonds is 1. The Kier molecular flexibility index (Phi) is 2.83. The third kappa shape index (κ3) is 1.85. The van der Waals surface area contributed by atoms with Gasteiger partial charge in [0.05, 0.1) is 0 Å². The van der Waals surface area contributed by atoms with E-state index in [-0.39, 0.29) is 0 Å². The van der Waals surface area contributed by atoms with Gasteiger partial charge in [-0.3, -0.25) is 0 Å². The highest BCUT2D eigenvalue weighted by Gasteiger charge is 2.34. The lowest BCUT2D eigenvalue weighted by Gasteiger charge is -2.41. The fraction of sp³-hybridized carbons (Fsp3) is 0.600. The molecule has 0 bridgehead atoms. The van der Waals surface area contributed by atoms with Gasteiger partial charge in [-0.05, 0) is 50.4 Å². The maximum atomic E-state index is 3.50. The second kappa shape index (κ2) is 4.34. The Morgan fingerprint density at radius 1 is 1.24 bits per heavy atom. The quantitative estimate of drug-likeness (QED) is 0.797. The van der Waals surface area contributed by atoms with Crippen LogP contribution in [0.25, 0.3) is 0 Å². The number of hydrogen-bond acceptors (Lipinski definition) is 2. The van der Waals surface area contributed by atoms with Gasteiger partial charge in [-0.25, -0.2) is 0 Å². The predicted octanol–water partition coefficient (Wildman–Crippen LogP) is 2.44. The summed E-state index contributed by atoms with van der Waals surface area (Å²) in [6, 6.07) is 10.3. The molecule has 0 radical (unpaired) electrons. The van der Waals surface area contributed by atoms with E-state index in [1.54, 1.807) is 0 Å². The van der Waals surface area contributed by atoms with Crippen LogP contribution in [0.3, 0.4) is 0 Å². The van der Waals surface area contributed by atoms with Crippen molar-refractivity contribution in [2.24, 2.45) is 5.92 Å². The Bertz CT molecular complexity index is 402. The van der Waals surface area contributed by atoms with Crippen molar-refractivity contribution < 1.29 is 0 Å². The number of hydrogen-bond donors (Lipinski definition) is 1. The Morgan fingerprint density at radius 3 is 2.88 bits per heavy atom. The number of piperidine rings is 1. The third-order valence-corrected chi connectivity index (χ3v) is 4.36. The number of anilines is 1. The van der Waals surface area contributed by atoms with Crippen molar-refractivity contribution in [3.05, 3.63) is 29.8 Å². The molecule has 1 fully saturated rings. The number of para-hydroxylation sites is 1. The van der Waals surface area contributed by atoms with E-state index in [1.807, 2.05) is 0 Å². The minimum absolute atomic E-state index is 0.665. The van der Waals surface area contributed by atoms with E-state index in [2.05, 4.69) is 48.3 Å². The van der Waals surface area contributed by atoms with Crippen LogP contribution in [0.4, 0.5) is 5.69 Å². The summed E-state index contributed by atoms with van der Waals surface area (Å²) in [6.45, 7) is 7.08. The molecule has 1 N–H and O–H groups in total. The SMILES string of the molecule is CC1CNCCC1N1c2ccccc2CC1C. The van der Waals surface area contributed by atoms with Crippen LogP contribution in [0.15, 0.2) is 24.3 Å². The lowest BCUT2D eigenvalue weighted by Crippen LogP contribution is -2.50. The molecular weight excluding hydrogens is 208 g/mol. The Hall–Kier alpha value is -1.02. The second-order valence-electron chi connectivity index (χ2n) is 5.63. The zero-order valence-electron chi connectivity index (χ0n) is 10.8. The van der Waals surface area contributed by atoms with E-state index in [0.29, 0.717) is 6.04 Å². The Labute approximate surface area is 104 Å².